The minimum Gasteiger partial charge on any atom is -0.486 e. The number of fused-ring (bicyclic) bond motifs is 1. The molecule has 0 amide bonds. The molecular formula is C34H37ClN4O4. The number of carboxylic acids is 1. The van der Waals surface area contributed by atoms with Crippen LogP contribution in [0.15, 0.2) is 54.6 Å². The summed E-state index contributed by atoms with van der Waals surface area (Å²) in [5, 5.41) is 10.2. The third-order valence-corrected chi connectivity index (χ3v) is 9.36. The number of hydrogen-bond donors (Lipinski definition) is 1. The van der Waals surface area contributed by atoms with Gasteiger partial charge in [-0.1, -0.05) is 23.7 Å². The van der Waals surface area contributed by atoms with Crippen LogP contribution in [-0.4, -0.2) is 56.3 Å². The number of likely N-dealkylation sites (tertiary alicyclic amines) is 1. The number of ether oxygens (including phenoxy) is 2. The fraction of sp³-hybridized carbons (Fsp3) is 0.441. The fourth-order valence-electron chi connectivity index (χ4n) is 6.29. The lowest BCUT2D eigenvalue weighted by Gasteiger charge is -2.32. The maximum Gasteiger partial charge on any atom is 0.335 e. The number of hydrogen-bond acceptors (Lipinski definition) is 6. The molecule has 0 bridgehead atoms. The Kier molecular flexibility index (Phi) is 8.08. The van der Waals surface area contributed by atoms with Crippen molar-refractivity contribution in [2.24, 2.45) is 5.92 Å². The van der Waals surface area contributed by atoms with Crippen molar-refractivity contribution < 1.29 is 19.4 Å². The zero-order chi connectivity index (χ0) is 29.3. The molecule has 2 aliphatic heterocycles. The quantitative estimate of drug-likeness (QED) is 0.211. The predicted molar refractivity (Wildman–Crippen MR) is 165 cm³/mol. The number of nitrogens with zero attached hydrogens (tertiary/aromatic N) is 4. The zero-order valence-corrected chi connectivity index (χ0v) is 25.0. The molecule has 1 N–H and O–H groups in total. The standard InChI is InChI=1S/C34H37ClN4O4/c35-29-17-24(23-4-5-23)7-9-32(29)43-21-27-3-1-2-26(36-27)16-22-10-13-38(14-11-22)20-33-37-30-8-6-25(34(40)41)18-31(30)39(33)19-28-12-15-42-28/h1-3,6-9,17-18,22-23,28H,4-5,10-16,19-21H2,(H,40,41). The third kappa shape index (κ3) is 6.56. The summed E-state index contributed by atoms with van der Waals surface area (Å²) in [5.74, 6) is 2.00. The minimum atomic E-state index is -0.923. The molecule has 1 atom stereocenters. The van der Waals surface area contributed by atoms with Crippen molar-refractivity contribution in [1.29, 1.82) is 0 Å². The molecular weight excluding hydrogens is 564 g/mol. The van der Waals surface area contributed by atoms with Gasteiger partial charge in [0.2, 0.25) is 0 Å². The number of rotatable bonds is 11. The normalized spacial score (nSPS) is 19.4. The molecule has 224 valence electrons. The van der Waals surface area contributed by atoms with Crippen molar-refractivity contribution >= 4 is 28.6 Å². The Balaban J connectivity index is 0.951. The second-order valence-corrected chi connectivity index (χ2v) is 12.6. The highest BCUT2D eigenvalue weighted by atomic mass is 35.5. The molecule has 9 heteroatoms. The van der Waals surface area contributed by atoms with Gasteiger partial charge in [-0.05, 0) is 111 Å². The lowest BCUT2D eigenvalue weighted by Crippen LogP contribution is -2.36. The van der Waals surface area contributed by atoms with E-state index in [1.807, 2.05) is 24.3 Å². The first kappa shape index (κ1) is 28.3. The van der Waals surface area contributed by atoms with Gasteiger partial charge in [0, 0.05) is 12.3 Å². The molecule has 1 aliphatic carbocycles. The Hall–Kier alpha value is -3.46. The number of halogens is 1. The average molecular weight is 601 g/mol. The first-order valence-electron chi connectivity index (χ1n) is 15.4. The third-order valence-electron chi connectivity index (χ3n) is 9.07. The number of carbonyl (C=O) groups is 1. The lowest BCUT2D eigenvalue weighted by molar-refractivity contribution is -0.0592. The Bertz CT molecular complexity index is 1620. The van der Waals surface area contributed by atoms with Crippen LogP contribution in [0, 0.1) is 5.92 Å². The molecule has 0 radical (unpaired) electrons. The van der Waals surface area contributed by atoms with E-state index < -0.39 is 5.97 Å². The molecule has 0 spiro atoms. The predicted octanol–water partition coefficient (Wildman–Crippen LogP) is 6.48. The molecule has 43 heavy (non-hydrogen) atoms. The van der Waals surface area contributed by atoms with Crippen molar-refractivity contribution in [2.75, 3.05) is 19.7 Å². The number of piperidine rings is 1. The molecule has 7 rings (SSSR count). The van der Waals surface area contributed by atoms with Crippen LogP contribution in [0.1, 0.15) is 71.2 Å². The van der Waals surface area contributed by atoms with Crippen LogP contribution in [0.3, 0.4) is 0 Å². The first-order chi connectivity index (χ1) is 21.0. The van der Waals surface area contributed by atoms with Crippen LogP contribution in [0.4, 0.5) is 0 Å². The van der Waals surface area contributed by atoms with E-state index in [0.717, 1.165) is 80.2 Å². The molecule has 3 fully saturated rings. The van der Waals surface area contributed by atoms with E-state index in [0.29, 0.717) is 35.8 Å². The van der Waals surface area contributed by atoms with Gasteiger partial charge in [0.1, 0.15) is 18.2 Å². The maximum absolute atomic E-state index is 11.6. The zero-order valence-electron chi connectivity index (χ0n) is 24.3. The number of imidazole rings is 1. The summed E-state index contributed by atoms with van der Waals surface area (Å²) in [5.41, 5.74) is 5.31. The van der Waals surface area contributed by atoms with Crippen molar-refractivity contribution in [3.05, 3.63) is 88.0 Å². The monoisotopic (exact) mass is 600 g/mol. The largest absolute Gasteiger partial charge is 0.486 e. The van der Waals surface area contributed by atoms with Gasteiger partial charge in [-0.15, -0.1) is 0 Å². The van der Waals surface area contributed by atoms with Gasteiger partial charge in [-0.3, -0.25) is 9.88 Å². The highest BCUT2D eigenvalue weighted by Gasteiger charge is 2.26. The van der Waals surface area contributed by atoms with E-state index in [2.05, 4.69) is 27.7 Å². The summed E-state index contributed by atoms with van der Waals surface area (Å²) in [6.07, 6.45) is 6.83. The van der Waals surface area contributed by atoms with Crippen molar-refractivity contribution in [3.63, 3.8) is 0 Å². The van der Waals surface area contributed by atoms with Gasteiger partial charge >= 0.3 is 5.97 Å². The van der Waals surface area contributed by atoms with E-state index in [1.54, 1.807) is 12.1 Å². The summed E-state index contributed by atoms with van der Waals surface area (Å²) in [6.45, 7) is 4.61. The summed E-state index contributed by atoms with van der Waals surface area (Å²) in [6, 6.07) is 17.5. The van der Waals surface area contributed by atoms with Crippen molar-refractivity contribution in [3.8, 4) is 5.75 Å². The summed E-state index contributed by atoms with van der Waals surface area (Å²) >= 11 is 6.49. The second-order valence-electron chi connectivity index (χ2n) is 12.2. The molecule has 1 unspecified atom stereocenters. The van der Waals surface area contributed by atoms with Crippen LogP contribution < -0.4 is 4.74 Å². The van der Waals surface area contributed by atoms with Crippen LogP contribution in [0.25, 0.3) is 11.0 Å². The highest BCUT2D eigenvalue weighted by molar-refractivity contribution is 6.32. The SMILES string of the molecule is O=C(O)c1ccc2nc(CN3CCC(Cc4cccc(COc5ccc(C6CC6)cc5Cl)n4)CC3)n(CC3CCO3)c2c1. The van der Waals surface area contributed by atoms with E-state index in [9.17, 15) is 9.90 Å². The number of carboxylic acid groups (broad SMARTS) is 1. The number of benzene rings is 2. The van der Waals surface area contributed by atoms with Gasteiger partial charge in [-0.25, -0.2) is 9.78 Å². The number of aromatic nitrogens is 3. The van der Waals surface area contributed by atoms with E-state index in [1.165, 1.54) is 18.4 Å². The van der Waals surface area contributed by atoms with Gasteiger partial charge in [0.25, 0.3) is 0 Å². The first-order valence-corrected chi connectivity index (χ1v) is 15.8. The van der Waals surface area contributed by atoms with E-state index >= 15 is 0 Å². The molecule has 4 heterocycles. The molecule has 2 saturated heterocycles. The number of aromatic carboxylic acids is 1. The fourth-order valence-corrected chi connectivity index (χ4v) is 6.53. The molecule has 3 aliphatic rings. The highest BCUT2D eigenvalue weighted by Crippen LogP contribution is 2.42. The Labute approximate surface area is 256 Å². The molecule has 2 aromatic carbocycles. The van der Waals surface area contributed by atoms with Gasteiger partial charge in [-0.2, -0.15) is 0 Å². The van der Waals surface area contributed by atoms with Gasteiger partial charge in [0.15, 0.2) is 0 Å². The summed E-state index contributed by atoms with van der Waals surface area (Å²) < 4.78 is 13.9. The van der Waals surface area contributed by atoms with Crippen LogP contribution in [0.5, 0.6) is 5.75 Å². The summed E-state index contributed by atoms with van der Waals surface area (Å²) in [4.78, 5) is 23.9. The van der Waals surface area contributed by atoms with E-state index in [-0.39, 0.29) is 11.7 Å². The topological polar surface area (TPSA) is 89.7 Å². The smallest absolute Gasteiger partial charge is 0.335 e. The summed E-state index contributed by atoms with van der Waals surface area (Å²) in [7, 11) is 0. The molecule has 8 nitrogen and oxygen atoms in total. The van der Waals surface area contributed by atoms with Crippen molar-refractivity contribution in [1.82, 2.24) is 19.4 Å². The van der Waals surface area contributed by atoms with Crippen molar-refractivity contribution in [2.45, 2.75) is 70.2 Å². The molecule has 2 aromatic heterocycles. The number of pyridine rings is 1. The second kappa shape index (κ2) is 12.3. The lowest BCUT2D eigenvalue weighted by atomic mass is 9.92. The Morgan fingerprint density at radius 1 is 1.00 bits per heavy atom. The van der Waals surface area contributed by atoms with Crippen LogP contribution >= 0.6 is 11.6 Å². The maximum atomic E-state index is 11.6. The van der Waals surface area contributed by atoms with E-state index in [4.69, 9.17) is 31.0 Å². The van der Waals surface area contributed by atoms with Crippen LogP contribution in [-0.2, 0) is 30.9 Å². The van der Waals surface area contributed by atoms with Gasteiger partial charge in [0.05, 0.1) is 46.5 Å². The van der Waals surface area contributed by atoms with Gasteiger partial charge < -0.3 is 19.1 Å². The molecule has 1 saturated carbocycles. The Morgan fingerprint density at radius 2 is 1.81 bits per heavy atom. The Morgan fingerprint density at radius 3 is 2.53 bits per heavy atom. The molecule has 4 aromatic rings. The minimum absolute atomic E-state index is 0.161. The van der Waals surface area contributed by atoms with Crippen LogP contribution in [0.2, 0.25) is 5.02 Å². The average Bonchev–Trinajstić information content (AvgIpc) is 3.78.